The molecule has 1 aromatic heterocycles. The van der Waals surface area contributed by atoms with Gasteiger partial charge in [0.15, 0.2) is 5.13 Å². The van der Waals surface area contributed by atoms with E-state index in [0.29, 0.717) is 6.61 Å². The first-order valence-corrected chi connectivity index (χ1v) is 8.56. The molecule has 0 spiro atoms. The van der Waals surface area contributed by atoms with Gasteiger partial charge in [-0.3, -0.25) is 0 Å². The number of hydrogen-bond acceptors (Lipinski definition) is 4. The molecule has 0 radical (unpaired) electrons. The summed E-state index contributed by atoms with van der Waals surface area (Å²) in [6.45, 7) is 6.89. The Morgan fingerprint density at radius 3 is 2.61 bits per heavy atom. The van der Waals surface area contributed by atoms with Crippen LogP contribution in [0.25, 0.3) is 11.3 Å². The number of benzene rings is 2. The topological polar surface area (TPSA) is 34.1 Å². The largest absolute Gasteiger partial charge is 0.494 e. The molecule has 0 bridgehead atoms. The fraction of sp³-hybridized carbons (Fsp3) is 0.211. The summed E-state index contributed by atoms with van der Waals surface area (Å²) in [6.07, 6.45) is 0. The van der Waals surface area contributed by atoms with Gasteiger partial charge in [-0.05, 0) is 56.7 Å². The number of anilines is 2. The van der Waals surface area contributed by atoms with Crippen LogP contribution >= 0.6 is 11.3 Å². The molecule has 0 aliphatic rings. The lowest BCUT2D eigenvalue weighted by atomic mass is 10.0. The van der Waals surface area contributed by atoms with E-state index < -0.39 is 0 Å². The smallest absolute Gasteiger partial charge is 0.187 e. The monoisotopic (exact) mass is 324 g/mol. The number of rotatable bonds is 5. The zero-order valence-electron chi connectivity index (χ0n) is 13.6. The van der Waals surface area contributed by atoms with Gasteiger partial charge in [0.05, 0.1) is 12.3 Å². The molecule has 23 heavy (non-hydrogen) atoms. The highest BCUT2D eigenvalue weighted by Gasteiger charge is 2.08. The lowest BCUT2D eigenvalue weighted by molar-refractivity contribution is 0.340. The highest BCUT2D eigenvalue weighted by molar-refractivity contribution is 7.14. The summed E-state index contributed by atoms with van der Waals surface area (Å²) in [5.74, 6) is 0.883. The average Bonchev–Trinajstić information content (AvgIpc) is 3.00. The van der Waals surface area contributed by atoms with Gasteiger partial charge in [0.2, 0.25) is 0 Å². The van der Waals surface area contributed by atoms with Crippen LogP contribution in [0.5, 0.6) is 5.75 Å². The van der Waals surface area contributed by atoms with E-state index in [4.69, 9.17) is 9.72 Å². The minimum atomic E-state index is 0.679. The van der Waals surface area contributed by atoms with Crippen molar-refractivity contribution >= 4 is 22.2 Å². The van der Waals surface area contributed by atoms with E-state index in [2.05, 4.69) is 42.7 Å². The number of hydrogen-bond donors (Lipinski definition) is 1. The van der Waals surface area contributed by atoms with Crippen molar-refractivity contribution in [2.24, 2.45) is 0 Å². The van der Waals surface area contributed by atoms with Gasteiger partial charge in [-0.25, -0.2) is 4.98 Å². The van der Waals surface area contributed by atoms with Gasteiger partial charge >= 0.3 is 0 Å². The zero-order chi connectivity index (χ0) is 16.2. The molecule has 3 aromatic rings. The van der Waals surface area contributed by atoms with Crippen LogP contribution in [0.3, 0.4) is 0 Å². The Hall–Kier alpha value is -2.33. The maximum atomic E-state index is 5.46. The normalized spacial score (nSPS) is 10.6. The maximum absolute atomic E-state index is 5.46. The minimum absolute atomic E-state index is 0.679. The highest BCUT2D eigenvalue weighted by Crippen LogP contribution is 2.30. The molecule has 0 amide bonds. The van der Waals surface area contributed by atoms with Gasteiger partial charge in [0.25, 0.3) is 0 Å². The number of aryl methyl sites for hydroxylation is 2. The molecule has 3 nitrogen and oxygen atoms in total. The second kappa shape index (κ2) is 6.84. The number of aromatic nitrogens is 1. The van der Waals surface area contributed by atoms with Crippen molar-refractivity contribution in [3.63, 3.8) is 0 Å². The van der Waals surface area contributed by atoms with Crippen LogP contribution in [0.4, 0.5) is 10.8 Å². The Morgan fingerprint density at radius 1 is 1.09 bits per heavy atom. The molecule has 0 aliphatic heterocycles. The molecule has 0 unspecified atom stereocenters. The van der Waals surface area contributed by atoms with Crippen molar-refractivity contribution in [2.75, 3.05) is 11.9 Å². The number of ether oxygens (including phenoxy) is 1. The van der Waals surface area contributed by atoms with E-state index in [0.717, 1.165) is 22.3 Å². The van der Waals surface area contributed by atoms with Crippen LogP contribution in [0.1, 0.15) is 18.1 Å². The molecule has 1 heterocycles. The molecule has 0 aliphatic carbocycles. The lowest BCUT2D eigenvalue weighted by Gasteiger charge is -2.06. The summed E-state index contributed by atoms with van der Waals surface area (Å²) in [5, 5.41) is 6.34. The third-order valence-electron chi connectivity index (χ3n) is 3.59. The van der Waals surface area contributed by atoms with E-state index in [1.54, 1.807) is 11.3 Å². The predicted octanol–water partition coefficient (Wildman–Crippen LogP) is 5.57. The van der Waals surface area contributed by atoms with Crippen molar-refractivity contribution in [3.05, 3.63) is 59.0 Å². The molecule has 118 valence electrons. The standard InChI is InChI=1S/C19H20N2OS/c1-4-22-16-9-7-15(8-10-16)20-19-21-18(12-23-19)17-11-13(2)5-6-14(17)3/h5-12H,4H2,1-3H3,(H,20,21). The maximum Gasteiger partial charge on any atom is 0.187 e. The Bertz CT molecular complexity index is 793. The average molecular weight is 324 g/mol. The van der Waals surface area contributed by atoms with E-state index in [9.17, 15) is 0 Å². The van der Waals surface area contributed by atoms with Crippen LogP contribution < -0.4 is 10.1 Å². The summed E-state index contributed by atoms with van der Waals surface area (Å²) >= 11 is 1.61. The van der Waals surface area contributed by atoms with Crippen molar-refractivity contribution in [1.29, 1.82) is 0 Å². The van der Waals surface area contributed by atoms with Crippen molar-refractivity contribution in [2.45, 2.75) is 20.8 Å². The molecular weight excluding hydrogens is 304 g/mol. The van der Waals surface area contributed by atoms with E-state index in [-0.39, 0.29) is 0 Å². The SMILES string of the molecule is CCOc1ccc(Nc2nc(-c3cc(C)ccc3C)cs2)cc1. The fourth-order valence-corrected chi connectivity index (χ4v) is 3.12. The van der Waals surface area contributed by atoms with Crippen LogP contribution in [0, 0.1) is 13.8 Å². The van der Waals surface area contributed by atoms with E-state index in [1.165, 1.54) is 16.7 Å². The first-order valence-electron chi connectivity index (χ1n) is 7.69. The summed E-state index contributed by atoms with van der Waals surface area (Å²) < 4.78 is 5.46. The van der Waals surface area contributed by atoms with Crippen LogP contribution in [0.15, 0.2) is 47.8 Å². The highest BCUT2D eigenvalue weighted by atomic mass is 32.1. The second-order valence-corrected chi connectivity index (χ2v) is 6.30. The molecule has 4 heteroatoms. The predicted molar refractivity (Wildman–Crippen MR) is 97.9 cm³/mol. The van der Waals surface area contributed by atoms with E-state index >= 15 is 0 Å². The Kier molecular flexibility index (Phi) is 4.63. The van der Waals surface area contributed by atoms with Crippen molar-refractivity contribution in [3.8, 4) is 17.0 Å². The number of thiazole rings is 1. The Labute approximate surface area is 141 Å². The third-order valence-corrected chi connectivity index (χ3v) is 4.35. The van der Waals surface area contributed by atoms with Gasteiger partial charge in [0.1, 0.15) is 5.75 Å². The van der Waals surface area contributed by atoms with Crippen molar-refractivity contribution < 1.29 is 4.74 Å². The Morgan fingerprint density at radius 2 is 1.87 bits per heavy atom. The van der Waals surface area contributed by atoms with Gasteiger partial charge < -0.3 is 10.1 Å². The quantitative estimate of drug-likeness (QED) is 0.666. The van der Waals surface area contributed by atoms with Gasteiger partial charge in [-0.2, -0.15) is 0 Å². The van der Waals surface area contributed by atoms with Crippen LogP contribution in [0.2, 0.25) is 0 Å². The number of nitrogens with one attached hydrogen (secondary N) is 1. The number of nitrogens with zero attached hydrogens (tertiary/aromatic N) is 1. The van der Waals surface area contributed by atoms with Gasteiger partial charge in [-0.1, -0.05) is 17.7 Å². The first-order chi connectivity index (χ1) is 11.2. The molecule has 0 fully saturated rings. The first kappa shape index (κ1) is 15.6. The summed E-state index contributed by atoms with van der Waals surface area (Å²) in [7, 11) is 0. The lowest BCUT2D eigenvalue weighted by Crippen LogP contribution is -1.93. The third kappa shape index (κ3) is 3.71. The molecule has 0 saturated carbocycles. The zero-order valence-corrected chi connectivity index (χ0v) is 14.4. The van der Waals surface area contributed by atoms with Crippen LogP contribution in [-0.4, -0.2) is 11.6 Å². The molecular formula is C19H20N2OS. The molecule has 0 atom stereocenters. The second-order valence-electron chi connectivity index (χ2n) is 5.44. The molecule has 1 N–H and O–H groups in total. The molecule has 0 saturated heterocycles. The van der Waals surface area contributed by atoms with E-state index in [1.807, 2.05) is 31.2 Å². The summed E-state index contributed by atoms with van der Waals surface area (Å²) in [6, 6.07) is 14.4. The fourth-order valence-electron chi connectivity index (χ4n) is 2.39. The van der Waals surface area contributed by atoms with Crippen LogP contribution in [-0.2, 0) is 0 Å². The Balaban J connectivity index is 1.78. The van der Waals surface area contributed by atoms with Crippen molar-refractivity contribution in [1.82, 2.24) is 4.98 Å². The van der Waals surface area contributed by atoms with Gasteiger partial charge in [0, 0.05) is 16.6 Å². The van der Waals surface area contributed by atoms with Gasteiger partial charge in [-0.15, -0.1) is 11.3 Å². The summed E-state index contributed by atoms with van der Waals surface area (Å²) in [5.41, 5.74) is 5.72. The molecule has 2 aromatic carbocycles. The molecule has 3 rings (SSSR count). The summed E-state index contributed by atoms with van der Waals surface area (Å²) in [4.78, 5) is 4.71. The minimum Gasteiger partial charge on any atom is -0.494 e.